The van der Waals surface area contributed by atoms with Crippen molar-refractivity contribution in [3.05, 3.63) is 27.8 Å². The van der Waals surface area contributed by atoms with Crippen LogP contribution in [0, 0.1) is 3.57 Å². The average Bonchev–Trinajstić information content (AvgIpc) is 2.33. The number of hydrogen-bond acceptors (Lipinski definition) is 2. The highest BCUT2D eigenvalue weighted by Gasteiger charge is 2.35. The third-order valence-corrected chi connectivity index (χ3v) is 5.51. The largest absolute Gasteiger partial charge is 0.381 e. The maximum Gasteiger partial charge on any atom is 0.0478 e. The van der Waals surface area contributed by atoms with Crippen LogP contribution in [0.4, 0.5) is 5.69 Å². The minimum absolute atomic E-state index is 0.660. The van der Waals surface area contributed by atoms with E-state index in [1.807, 2.05) is 0 Å². The van der Waals surface area contributed by atoms with Crippen LogP contribution >= 0.6 is 22.6 Å². The number of rotatable bonds is 2. The summed E-state index contributed by atoms with van der Waals surface area (Å²) in [5.74, 6) is 0. The van der Waals surface area contributed by atoms with E-state index in [1.165, 1.54) is 41.4 Å². The summed E-state index contributed by atoms with van der Waals surface area (Å²) in [6.07, 6.45) is 6.80. The van der Waals surface area contributed by atoms with Crippen LogP contribution in [0.5, 0.6) is 0 Å². The molecule has 1 aromatic rings. The fourth-order valence-corrected chi connectivity index (χ4v) is 4.07. The molecule has 3 heteroatoms. The van der Waals surface area contributed by atoms with Crippen LogP contribution < -0.4 is 5.32 Å². The fraction of sp³-hybridized carbons (Fsp3) is 0.600. The van der Waals surface area contributed by atoms with Crippen LogP contribution in [-0.4, -0.2) is 30.1 Å². The molecule has 0 amide bonds. The van der Waals surface area contributed by atoms with Gasteiger partial charge < -0.3 is 10.2 Å². The highest BCUT2D eigenvalue weighted by atomic mass is 127. The number of benzene rings is 1. The average molecular weight is 356 g/mol. The molecule has 2 aliphatic rings. The van der Waals surface area contributed by atoms with Crippen LogP contribution in [0.2, 0.25) is 0 Å². The van der Waals surface area contributed by atoms with E-state index in [4.69, 9.17) is 0 Å². The molecule has 1 aromatic carbocycles. The lowest BCUT2D eigenvalue weighted by Crippen LogP contribution is -2.52. The van der Waals surface area contributed by atoms with Gasteiger partial charge in [0.25, 0.3) is 0 Å². The first kappa shape index (κ1) is 12.7. The zero-order chi connectivity index (χ0) is 12.5. The lowest BCUT2D eigenvalue weighted by Gasteiger charge is -2.47. The smallest absolute Gasteiger partial charge is 0.0478 e. The lowest BCUT2D eigenvalue weighted by atomic mass is 9.82. The molecule has 0 aliphatic carbocycles. The van der Waals surface area contributed by atoms with Crippen molar-refractivity contribution in [1.29, 1.82) is 0 Å². The summed E-state index contributed by atoms with van der Waals surface area (Å²) in [7, 11) is 2.32. The Balaban J connectivity index is 1.70. The monoisotopic (exact) mass is 356 g/mol. The molecule has 0 spiro atoms. The second kappa shape index (κ2) is 5.37. The van der Waals surface area contributed by atoms with E-state index < -0.39 is 0 Å². The van der Waals surface area contributed by atoms with Crippen molar-refractivity contribution in [3.63, 3.8) is 0 Å². The van der Waals surface area contributed by atoms with Gasteiger partial charge in [-0.25, -0.2) is 0 Å². The number of fused-ring (bicyclic) bond motifs is 2. The van der Waals surface area contributed by atoms with Gasteiger partial charge >= 0.3 is 0 Å². The molecule has 1 unspecified atom stereocenters. The van der Waals surface area contributed by atoms with Crippen LogP contribution in [-0.2, 0) is 0 Å². The first-order valence-electron chi connectivity index (χ1n) is 6.97. The lowest BCUT2D eigenvalue weighted by molar-refractivity contribution is 0.0608. The van der Waals surface area contributed by atoms with Gasteiger partial charge in [0.2, 0.25) is 0 Å². The van der Waals surface area contributed by atoms with Gasteiger partial charge in [0, 0.05) is 27.4 Å². The molecule has 3 atom stereocenters. The molecular weight excluding hydrogens is 335 g/mol. The van der Waals surface area contributed by atoms with Gasteiger partial charge in [-0.2, -0.15) is 0 Å². The molecule has 1 N–H and O–H groups in total. The highest BCUT2D eigenvalue weighted by Crippen LogP contribution is 2.34. The van der Waals surface area contributed by atoms with Gasteiger partial charge in [-0.3, -0.25) is 0 Å². The second-order valence-corrected chi connectivity index (χ2v) is 6.86. The molecule has 2 fully saturated rings. The molecule has 0 saturated carbocycles. The number of anilines is 1. The summed E-state index contributed by atoms with van der Waals surface area (Å²) < 4.78 is 1.33. The zero-order valence-electron chi connectivity index (χ0n) is 10.9. The van der Waals surface area contributed by atoms with Crippen LogP contribution in [0.25, 0.3) is 0 Å². The van der Waals surface area contributed by atoms with Crippen LogP contribution in [0.15, 0.2) is 24.3 Å². The Morgan fingerprint density at radius 1 is 1.17 bits per heavy atom. The van der Waals surface area contributed by atoms with Gasteiger partial charge in [0.05, 0.1) is 0 Å². The van der Waals surface area contributed by atoms with Crippen molar-refractivity contribution in [1.82, 2.24) is 4.90 Å². The number of piperidine rings is 2. The van der Waals surface area contributed by atoms with Crippen molar-refractivity contribution >= 4 is 28.3 Å². The molecule has 3 rings (SSSR count). The number of para-hydroxylation sites is 1. The van der Waals surface area contributed by atoms with Gasteiger partial charge in [-0.05, 0) is 67.5 Å². The fourth-order valence-electron chi connectivity index (χ4n) is 3.53. The Kier molecular flexibility index (Phi) is 3.80. The molecule has 0 aromatic heterocycles. The minimum Gasteiger partial charge on any atom is -0.381 e. The third kappa shape index (κ3) is 2.52. The Hall–Kier alpha value is -0.290. The van der Waals surface area contributed by atoms with Gasteiger partial charge in [-0.15, -0.1) is 0 Å². The van der Waals surface area contributed by atoms with Crippen LogP contribution in [0.3, 0.4) is 0 Å². The maximum atomic E-state index is 3.76. The maximum absolute atomic E-state index is 3.76. The number of nitrogens with one attached hydrogen (secondary N) is 1. The SMILES string of the molecule is CN1[C@@H]2CCC[C@H]1CC(Nc1ccccc1I)C2. The van der Waals surface area contributed by atoms with E-state index in [-0.39, 0.29) is 0 Å². The predicted octanol–water partition coefficient (Wildman–Crippen LogP) is 3.72. The van der Waals surface area contributed by atoms with Crippen molar-refractivity contribution < 1.29 is 0 Å². The molecular formula is C15H21IN2. The van der Waals surface area contributed by atoms with Crippen molar-refractivity contribution in [2.45, 2.75) is 50.2 Å². The number of nitrogens with zero attached hydrogens (tertiary/aromatic N) is 1. The molecule has 2 aliphatic heterocycles. The van der Waals surface area contributed by atoms with Crippen molar-refractivity contribution in [3.8, 4) is 0 Å². The number of halogens is 1. The van der Waals surface area contributed by atoms with Crippen molar-refractivity contribution in [2.75, 3.05) is 12.4 Å². The first-order valence-corrected chi connectivity index (χ1v) is 8.05. The molecule has 98 valence electrons. The molecule has 0 radical (unpaired) electrons. The zero-order valence-corrected chi connectivity index (χ0v) is 13.1. The van der Waals surface area contributed by atoms with Crippen molar-refractivity contribution in [2.24, 2.45) is 0 Å². The minimum atomic E-state index is 0.660. The van der Waals surface area contributed by atoms with Gasteiger partial charge in [0.15, 0.2) is 0 Å². The third-order valence-electron chi connectivity index (χ3n) is 4.57. The Bertz CT molecular complexity index is 407. The summed E-state index contributed by atoms with van der Waals surface area (Å²) in [6, 6.07) is 10.9. The molecule has 2 heterocycles. The quantitative estimate of drug-likeness (QED) is 0.813. The summed E-state index contributed by atoms with van der Waals surface area (Å²) >= 11 is 2.42. The normalized spacial score (nSPS) is 32.2. The Labute approximate surface area is 123 Å². The molecule has 18 heavy (non-hydrogen) atoms. The summed E-state index contributed by atoms with van der Waals surface area (Å²) in [6.45, 7) is 0. The van der Waals surface area contributed by atoms with Gasteiger partial charge in [-0.1, -0.05) is 18.6 Å². The van der Waals surface area contributed by atoms with E-state index in [2.05, 4.69) is 64.1 Å². The Morgan fingerprint density at radius 2 is 1.83 bits per heavy atom. The predicted molar refractivity (Wildman–Crippen MR) is 85.0 cm³/mol. The molecule has 2 saturated heterocycles. The second-order valence-electron chi connectivity index (χ2n) is 5.70. The summed E-state index contributed by atoms with van der Waals surface area (Å²) in [4.78, 5) is 2.62. The topological polar surface area (TPSA) is 15.3 Å². The first-order chi connectivity index (χ1) is 8.74. The molecule has 2 nitrogen and oxygen atoms in total. The van der Waals surface area contributed by atoms with E-state index in [0.717, 1.165) is 12.1 Å². The summed E-state index contributed by atoms with van der Waals surface area (Å²) in [5, 5.41) is 3.76. The number of hydrogen-bond donors (Lipinski definition) is 1. The van der Waals surface area contributed by atoms with E-state index in [1.54, 1.807) is 0 Å². The molecule has 2 bridgehead atoms. The van der Waals surface area contributed by atoms with Crippen LogP contribution in [0.1, 0.15) is 32.1 Å². The standard InChI is InChI=1S/C15H21IN2/c1-18-12-5-4-6-13(18)10-11(9-12)17-15-8-3-2-7-14(15)16/h2-3,7-8,11-13,17H,4-6,9-10H2,1H3/t11?,12-,13+. The Morgan fingerprint density at radius 3 is 2.50 bits per heavy atom. The summed E-state index contributed by atoms with van der Waals surface area (Å²) in [5.41, 5.74) is 1.31. The van der Waals surface area contributed by atoms with E-state index in [9.17, 15) is 0 Å². The highest BCUT2D eigenvalue weighted by molar-refractivity contribution is 14.1. The van der Waals surface area contributed by atoms with E-state index in [0.29, 0.717) is 6.04 Å². The van der Waals surface area contributed by atoms with E-state index >= 15 is 0 Å². The van der Waals surface area contributed by atoms with Gasteiger partial charge in [0.1, 0.15) is 0 Å².